The summed E-state index contributed by atoms with van der Waals surface area (Å²) < 4.78 is 11.1. The molecule has 1 N–H and O–H groups in total. The number of nitrogens with one attached hydrogen (secondary N) is 1. The van der Waals surface area contributed by atoms with Crippen LogP contribution in [-0.2, 0) is 9.59 Å². The summed E-state index contributed by atoms with van der Waals surface area (Å²) in [6, 6.07) is 7.20. The van der Waals surface area contributed by atoms with Crippen LogP contribution in [0.4, 0.5) is 10.5 Å². The quantitative estimate of drug-likeness (QED) is 0.527. The predicted molar refractivity (Wildman–Crippen MR) is 112 cm³/mol. The molecule has 9 heteroatoms. The first kappa shape index (κ1) is 20.9. The largest absolute Gasteiger partial charge is 0.493 e. The Morgan fingerprint density at radius 3 is 2.45 bits per heavy atom. The number of imide groups is 2. The molecule has 2 aromatic rings. The molecule has 2 aromatic carbocycles. The summed E-state index contributed by atoms with van der Waals surface area (Å²) in [5.41, 5.74) is 1.35. The van der Waals surface area contributed by atoms with Gasteiger partial charge in [0.2, 0.25) is 0 Å². The van der Waals surface area contributed by atoms with E-state index in [2.05, 4.69) is 21.2 Å². The first-order valence-corrected chi connectivity index (χ1v) is 9.53. The molecule has 0 aromatic heterocycles. The Morgan fingerprint density at radius 2 is 1.83 bits per heavy atom. The van der Waals surface area contributed by atoms with Gasteiger partial charge in [0.1, 0.15) is 5.57 Å². The van der Waals surface area contributed by atoms with Crippen molar-refractivity contribution in [2.45, 2.75) is 6.92 Å². The molecule has 0 unspecified atom stereocenters. The lowest BCUT2D eigenvalue weighted by molar-refractivity contribution is -0.122. The lowest BCUT2D eigenvalue weighted by Crippen LogP contribution is -2.54. The van der Waals surface area contributed by atoms with Crippen LogP contribution in [0.25, 0.3) is 6.08 Å². The summed E-state index contributed by atoms with van der Waals surface area (Å²) in [6.07, 6.45) is 1.37. The monoisotopic (exact) mass is 478 g/mol. The van der Waals surface area contributed by atoms with Crippen LogP contribution in [0.1, 0.15) is 11.1 Å². The molecule has 0 radical (unpaired) electrons. The molecule has 0 saturated carbocycles. The van der Waals surface area contributed by atoms with E-state index in [-0.39, 0.29) is 11.3 Å². The van der Waals surface area contributed by atoms with Gasteiger partial charge in [0, 0.05) is 5.02 Å². The molecular formula is C20H16BrClN2O5. The zero-order valence-electron chi connectivity index (χ0n) is 15.7. The van der Waals surface area contributed by atoms with E-state index in [9.17, 15) is 14.4 Å². The fourth-order valence-electron chi connectivity index (χ4n) is 2.80. The molecule has 150 valence electrons. The van der Waals surface area contributed by atoms with E-state index < -0.39 is 17.8 Å². The Bertz CT molecular complexity index is 1070. The van der Waals surface area contributed by atoms with E-state index >= 15 is 0 Å². The minimum atomic E-state index is -0.842. The number of halogens is 2. The maximum atomic E-state index is 13.0. The van der Waals surface area contributed by atoms with Gasteiger partial charge in [-0.1, -0.05) is 17.7 Å². The third kappa shape index (κ3) is 3.99. The van der Waals surface area contributed by atoms with Crippen LogP contribution in [0.5, 0.6) is 11.5 Å². The molecule has 1 saturated heterocycles. The predicted octanol–water partition coefficient (Wildman–Crippen LogP) is 4.09. The Labute approximate surface area is 180 Å². The fraction of sp³-hybridized carbons (Fsp3) is 0.150. The van der Waals surface area contributed by atoms with E-state index in [1.807, 2.05) is 0 Å². The molecule has 7 nitrogen and oxygen atoms in total. The Balaban J connectivity index is 2.06. The van der Waals surface area contributed by atoms with Crippen molar-refractivity contribution in [1.82, 2.24) is 5.32 Å². The number of benzene rings is 2. The van der Waals surface area contributed by atoms with E-state index in [0.29, 0.717) is 26.6 Å². The molecule has 29 heavy (non-hydrogen) atoms. The van der Waals surface area contributed by atoms with Gasteiger partial charge in [-0.2, -0.15) is 0 Å². The zero-order valence-corrected chi connectivity index (χ0v) is 18.1. The van der Waals surface area contributed by atoms with Crippen molar-refractivity contribution in [3.05, 3.63) is 56.5 Å². The summed E-state index contributed by atoms with van der Waals surface area (Å²) in [7, 11) is 2.97. The summed E-state index contributed by atoms with van der Waals surface area (Å²) in [6.45, 7) is 1.80. The van der Waals surface area contributed by atoms with Crippen molar-refractivity contribution in [3.8, 4) is 11.5 Å². The van der Waals surface area contributed by atoms with Crippen LogP contribution < -0.4 is 19.7 Å². The van der Waals surface area contributed by atoms with E-state index in [0.717, 1.165) is 10.5 Å². The van der Waals surface area contributed by atoms with Crippen LogP contribution in [0.2, 0.25) is 5.02 Å². The van der Waals surface area contributed by atoms with Crippen molar-refractivity contribution in [2.24, 2.45) is 0 Å². The highest BCUT2D eigenvalue weighted by molar-refractivity contribution is 9.10. The second-order valence-corrected chi connectivity index (χ2v) is 7.39. The zero-order chi connectivity index (χ0) is 21.3. The van der Waals surface area contributed by atoms with Crippen molar-refractivity contribution >= 4 is 57.1 Å². The van der Waals surface area contributed by atoms with Gasteiger partial charge < -0.3 is 9.47 Å². The Hall–Kier alpha value is -2.84. The summed E-state index contributed by atoms with van der Waals surface area (Å²) in [5.74, 6) is -0.666. The van der Waals surface area contributed by atoms with Crippen LogP contribution in [0.15, 0.2) is 40.4 Å². The van der Waals surface area contributed by atoms with E-state index in [4.69, 9.17) is 21.1 Å². The SMILES string of the molecule is COc1cc(/C=C2\C(=O)NC(=O)N(c3ccc(C)c(Cl)c3)C2=O)cc(Br)c1OC. The van der Waals surface area contributed by atoms with Gasteiger partial charge in [0.25, 0.3) is 11.8 Å². The number of methoxy groups -OCH3 is 2. The lowest BCUT2D eigenvalue weighted by Gasteiger charge is -2.26. The van der Waals surface area contributed by atoms with Crippen molar-refractivity contribution < 1.29 is 23.9 Å². The maximum Gasteiger partial charge on any atom is 0.335 e. The smallest absolute Gasteiger partial charge is 0.335 e. The van der Waals surface area contributed by atoms with Gasteiger partial charge in [-0.3, -0.25) is 14.9 Å². The van der Waals surface area contributed by atoms with Gasteiger partial charge in [-0.25, -0.2) is 9.69 Å². The highest BCUT2D eigenvalue weighted by Crippen LogP contribution is 2.37. The molecular weight excluding hydrogens is 464 g/mol. The maximum absolute atomic E-state index is 13.0. The topological polar surface area (TPSA) is 84.9 Å². The number of aryl methyl sites for hydroxylation is 1. The highest BCUT2D eigenvalue weighted by atomic mass is 79.9. The third-order valence-electron chi connectivity index (χ3n) is 4.28. The third-order valence-corrected chi connectivity index (χ3v) is 5.28. The number of anilines is 1. The normalized spacial score (nSPS) is 15.6. The van der Waals surface area contributed by atoms with Crippen LogP contribution in [0.3, 0.4) is 0 Å². The summed E-state index contributed by atoms with van der Waals surface area (Å²) in [5, 5.41) is 2.57. The number of rotatable bonds is 4. The highest BCUT2D eigenvalue weighted by Gasteiger charge is 2.37. The van der Waals surface area contributed by atoms with Gasteiger partial charge >= 0.3 is 6.03 Å². The molecule has 1 fully saturated rings. The number of carbonyl (C=O) groups is 3. The Kier molecular flexibility index (Phi) is 5.95. The van der Waals surface area contributed by atoms with Gasteiger partial charge in [-0.15, -0.1) is 0 Å². The summed E-state index contributed by atoms with van der Waals surface area (Å²) >= 11 is 9.49. The molecule has 3 rings (SSSR count). The minimum absolute atomic E-state index is 0.208. The second kappa shape index (κ2) is 8.26. The fourth-order valence-corrected chi connectivity index (χ4v) is 3.60. The molecule has 0 bridgehead atoms. The van der Waals surface area contributed by atoms with Crippen LogP contribution in [0, 0.1) is 6.92 Å². The van der Waals surface area contributed by atoms with Gasteiger partial charge in [0.15, 0.2) is 11.5 Å². The van der Waals surface area contributed by atoms with Crippen molar-refractivity contribution in [2.75, 3.05) is 19.1 Å². The first-order valence-electron chi connectivity index (χ1n) is 8.36. The molecule has 0 atom stereocenters. The molecule has 1 aliphatic rings. The number of hydrogen-bond acceptors (Lipinski definition) is 5. The van der Waals surface area contributed by atoms with Crippen molar-refractivity contribution in [1.29, 1.82) is 0 Å². The van der Waals surface area contributed by atoms with Crippen LogP contribution in [-0.4, -0.2) is 32.1 Å². The number of amides is 4. The standard InChI is InChI=1S/C20H16BrClN2O5/c1-10-4-5-12(9-15(10)22)24-19(26)13(18(25)23-20(24)27)6-11-7-14(21)17(29-3)16(8-11)28-2/h4-9H,1-3H3,(H,23,25,27)/b13-6+. The number of ether oxygens (including phenoxy) is 2. The van der Waals surface area contributed by atoms with Gasteiger partial charge in [0.05, 0.1) is 24.4 Å². The first-order chi connectivity index (χ1) is 13.8. The summed E-state index contributed by atoms with van der Waals surface area (Å²) in [4.78, 5) is 38.5. The molecule has 4 amide bonds. The number of nitrogens with zero attached hydrogens (tertiary/aromatic N) is 1. The minimum Gasteiger partial charge on any atom is -0.493 e. The average Bonchev–Trinajstić information content (AvgIpc) is 2.67. The number of hydrogen-bond donors (Lipinski definition) is 1. The molecule has 0 spiro atoms. The lowest BCUT2D eigenvalue weighted by atomic mass is 10.1. The molecule has 1 heterocycles. The van der Waals surface area contributed by atoms with Gasteiger partial charge in [-0.05, 0) is 64.3 Å². The van der Waals surface area contributed by atoms with Crippen molar-refractivity contribution in [3.63, 3.8) is 0 Å². The van der Waals surface area contributed by atoms with E-state index in [1.165, 1.54) is 26.4 Å². The average molecular weight is 480 g/mol. The number of urea groups is 1. The number of carbonyl (C=O) groups excluding carboxylic acids is 3. The molecule has 0 aliphatic carbocycles. The molecule has 1 aliphatic heterocycles. The van der Waals surface area contributed by atoms with E-state index in [1.54, 1.807) is 31.2 Å². The second-order valence-electron chi connectivity index (χ2n) is 6.13. The Morgan fingerprint density at radius 1 is 1.10 bits per heavy atom. The number of barbiturate groups is 1. The van der Waals surface area contributed by atoms with Crippen LogP contribution >= 0.6 is 27.5 Å².